The van der Waals surface area contributed by atoms with E-state index >= 15 is 0 Å². The molecular formula is C16H25N3O. The minimum atomic E-state index is 0.253. The van der Waals surface area contributed by atoms with Gasteiger partial charge in [0, 0.05) is 19.2 Å². The summed E-state index contributed by atoms with van der Waals surface area (Å²) in [5.41, 5.74) is 0.960. The Labute approximate surface area is 121 Å². The van der Waals surface area contributed by atoms with Crippen molar-refractivity contribution in [1.29, 1.82) is 0 Å². The molecule has 1 atom stereocenters. The summed E-state index contributed by atoms with van der Waals surface area (Å²) >= 11 is 0. The molecule has 4 heteroatoms. The molecule has 0 aliphatic carbocycles. The van der Waals surface area contributed by atoms with Crippen LogP contribution in [0.1, 0.15) is 38.3 Å². The molecule has 0 bridgehead atoms. The third kappa shape index (κ3) is 4.60. The van der Waals surface area contributed by atoms with Crippen LogP contribution in [0.15, 0.2) is 24.4 Å². The fourth-order valence-corrected chi connectivity index (χ4v) is 2.72. The number of hydrogen-bond acceptors (Lipinski definition) is 3. The summed E-state index contributed by atoms with van der Waals surface area (Å²) in [6.45, 7) is 5.60. The van der Waals surface area contributed by atoms with Crippen LogP contribution in [-0.4, -0.2) is 35.4 Å². The summed E-state index contributed by atoms with van der Waals surface area (Å²) < 4.78 is 0. The minimum Gasteiger partial charge on any atom is -0.337 e. The Morgan fingerprint density at radius 2 is 2.40 bits per heavy atom. The maximum absolute atomic E-state index is 12.3. The lowest BCUT2D eigenvalue weighted by molar-refractivity contribution is -0.132. The summed E-state index contributed by atoms with van der Waals surface area (Å²) in [4.78, 5) is 18.5. The second kappa shape index (κ2) is 8.00. The van der Waals surface area contributed by atoms with Gasteiger partial charge in [0.1, 0.15) is 0 Å². The van der Waals surface area contributed by atoms with Gasteiger partial charge in [-0.25, -0.2) is 0 Å². The van der Waals surface area contributed by atoms with E-state index in [4.69, 9.17) is 0 Å². The number of rotatable bonds is 6. The molecule has 1 N–H and O–H groups in total. The van der Waals surface area contributed by atoms with Crippen LogP contribution in [0.4, 0.5) is 0 Å². The van der Waals surface area contributed by atoms with E-state index in [9.17, 15) is 4.79 Å². The number of amides is 1. The maximum Gasteiger partial charge on any atom is 0.222 e. The van der Waals surface area contributed by atoms with Crippen LogP contribution >= 0.6 is 0 Å². The van der Waals surface area contributed by atoms with Crippen LogP contribution < -0.4 is 5.32 Å². The molecule has 110 valence electrons. The Morgan fingerprint density at radius 3 is 3.05 bits per heavy atom. The largest absolute Gasteiger partial charge is 0.337 e. The van der Waals surface area contributed by atoms with Crippen molar-refractivity contribution in [3.63, 3.8) is 0 Å². The second-order valence-corrected chi connectivity index (χ2v) is 5.48. The molecule has 1 aliphatic rings. The highest BCUT2D eigenvalue weighted by atomic mass is 16.2. The molecule has 20 heavy (non-hydrogen) atoms. The number of nitrogens with one attached hydrogen (secondary N) is 1. The molecule has 2 rings (SSSR count). The topological polar surface area (TPSA) is 45.2 Å². The minimum absolute atomic E-state index is 0.253. The molecule has 4 nitrogen and oxygen atoms in total. The molecule has 0 radical (unpaired) electrons. The lowest BCUT2D eigenvalue weighted by atomic mass is 9.94. The molecule has 1 saturated heterocycles. The van der Waals surface area contributed by atoms with Crippen LogP contribution in [0.5, 0.6) is 0 Å². The molecule has 1 aliphatic heterocycles. The van der Waals surface area contributed by atoms with Crippen molar-refractivity contribution >= 4 is 5.91 Å². The first kappa shape index (κ1) is 15.0. The van der Waals surface area contributed by atoms with E-state index in [1.165, 1.54) is 12.8 Å². The fraction of sp³-hybridized carbons (Fsp3) is 0.625. The van der Waals surface area contributed by atoms with E-state index in [1.807, 2.05) is 30.0 Å². The van der Waals surface area contributed by atoms with Crippen molar-refractivity contribution in [3.05, 3.63) is 30.1 Å². The number of aromatic nitrogens is 1. The van der Waals surface area contributed by atoms with E-state index in [2.05, 4.69) is 10.3 Å². The lowest BCUT2D eigenvalue weighted by Crippen LogP contribution is -2.33. The number of hydrogen-bond donors (Lipinski definition) is 1. The molecular weight excluding hydrogens is 250 g/mol. The molecule has 1 fully saturated rings. The van der Waals surface area contributed by atoms with Gasteiger partial charge in [-0.15, -0.1) is 0 Å². The van der Waals surface area contributed by atoms with Crippen LogP contribution in [0.3, 0.4) is 0 Å². The fourth-order valence-electron chi connectivity index (χ4n) is 2.72. The molecule has 1 aromatic heterocycles. The predicted molar refractivity (Wildman–Crippen MR) is 80.2 cm³/mol. The van der Waals surface area contributed by atoms with Crippen LogP contribution in [-0.2, 0) is 11.3 Å². The van der Waals surface area contributed by atoms with E-state index in [0.29, 0.717) is 18.9 Å². The molecule has 0 spiro atoms. The average Bonchev–Trinajstić information content (AvgIpc) is 2.52. The van der Waals surface area contributed by atoms with E-state index in [1.54, 1.807) is 6.20 Å². The quantitative estimate of drug-likeness (QED) is 0.866. The third-order valence-electron chi connectivity index (χ3n) is 3.98. The van der Waals surface area contributed by atoms with Crippen molar-refractivity contribution in [1.82, 2.24) is 15.2 Å². The maximum atomic E-state index is 12.3. The summed E-state index contributed by atoms with van der Waals surface area (Å²) in [6, 6.07) is 5.84. The van der Waals surface area contributed by atoms with Gasteiger partial charge in [0.05, 0.1) is 12.2 Å². The highest BCUT2D eigenvalue weighted by molar-refractivity contribution is 5.76. The standard InChI is InChI=1S/C16H25N3O/c1-2-19(13-15-7-3-4-11-18-15)16(20)9-8-14-6-5-10-17-12-14/h3-4,7,11,14,17H,2,5-6,8-10,12-13H2,1H3. The normalized spacial score (nSPS) is 18.8. The zero-order chi connectivity index (χ0) is 14.2. The Balaban J connectivity index is 1.79. The van der Waals surface area contributed by atoms with Crippen LogP contribution in [0.25, 0.3) is 0 Å². The van der Waals surface area contributed by atoms with Gasteiger partial charge in [-0.1, -0.05) is 6.07 Å². The van der Waals surface area contributed by atoms with Gasteiger partial charge >= 0.3 is 0 Å². The highest BCUT2D eigenvalue weighted by Crippen LogP contribution is 2.17. The summed E-state index contributed by atoms with van der Waals surface area (Å²) in [7, 11) is 0. The summed E-state index contributed by atoms with van der Waals surface area (Å²) in [6.07, 6.45) is 5.94. The van der Waals surface area contributed by atoms with Crippen LogP contribution in [0, 0.1) is 5.92 Å². The smallest absolute Gasteiger partial charge is 0.222 e. The average molecular weight is 275 g/mol. The number of carbonyl (C=O) groups is 1. The van der Waals surface area contributed by atoms with Crippen molar-refractivity contribution < 1.29 is 4.79 Å². The van der Waals surface area contributed by atoms with Crippen molar-refractivity contribution in [3.8, 4) is 0 Å². The molecule has 1 unspecified atom stereocenters. The SMILES string of the molecule is CCN(Cc1ccccn1)C(=O)CCC1CCCNC1. The number of piperidine rings is 1. The molecule has 2 heterocycles. The van der Waals surface area contributed by atoms with Gasteiger partial charge in [0.2, 0.25) is 5.91 Å². The molecule has 0 saturated carbocycles. The summed E-state index contributed by atoms with van der Waals surface area (Å²) in [5, 5.41) is 3.41. The Hall–Kier alpha value is -1.42. The van der Waals surface area contributed by atoms with Gasteiger partial charge in [-0.3, -0.25) is 9.78 Å². The lowest BCUT2D eigenvalue weighted by Gasteiger charge is -2.25. The number of nitrogens with zero attached hydrogens (tertiary/aromatic N) is 2. The van der Waals surface area contributed by atoms with Gasteiger partial charge < -0.3 is 10.2 Å². The molecule has 1 amide bonds. The Morgan fingerprint density at radius 1 is 1.50 bits per heavy atom. The van der Waals surface area contributed by atoms with Crippen molar-refractivity contribution in [2.75, 3.05) is 19.6 Å². The Kier molecular flexibility index (Phi) is 5.99. The van der Waals surface area contributed by atoms with E-state index < -0.39 is 0 Å². The molecule has 1 aromatic rings. The zero-order valence-corrected chi connectivity index (χ0v) is 12.3. The zero-order valence-electron chi connectivity index (χ0n) is 12.3. The third-order valence-corrected chi connectivity index (χ3v) is 3.98. The second-order valence-electron chi connectivity index (χ2n) is 5.48. The van der Waals surface area contributed by atoms with E-state index in [-0.39, 0.29) is 5.91 Å². The van der Waals surface area contributed by atoms with Gasteiger partial charge in [-0.05, 0) is 57.3 Å². The van der Waals surface area contributed by atoms with Gasteiger partial charge in [0.15, 0.2) is 0 Å². The number of carbonyl (C=O) groups excluding carboxylic acids is 1. The van der Waals surface area contributed by atoms with Crippen molar-refractivity contribution in [2.45, 2.75) is 39.2 Å². The monoisotopic (exact) mass is 275 g/mol. The van der Waals surface area contributed by atoms with E-state index in [0.717, 1.165) is 31.7 Å². The van der Waals surface area contributed by atoms with Crippen LogP contribution in [0.2, 0.25) is 0 Å². The first-order chi connectivity index (χ1) is 9.79. The predicted octanol–water partition coefficient (Wildman–Crippen LogP) is 2.21. The van der Waals surface area contributed by atoms with Crippen molar-refractivity contribution in [2.24, 2.45) is 5.92 Å². The first-order valence-electron chi connectivity index (χ1n) is 7.68. The number of pyridine rings is 1. The Bertz CT molecular complexity index is 401. The first-order valence-corrected chi connectivity index (χ1v) is 7.68. The summed E-state index contributed by atoms with van der Waals surface area (Å²) in [5.74, 6) is 0.921. The highest BCUT2D eigenvalue weighted by Gasteiger charge is 2.17. The van der Waals surface area contributed by atoms with Gasteiger partial charge in [-0.2, -0.15) is 0 Å². The van der Waals surface area contributed by atoms with Gasteiger partial charge in [0.25, 0.3) is 0 Å². The molecule has 0 aromatic carbocycles.